The summed E-state index contributed by atoms with van der Waals surface area (Å²) in [5.41, 5.74) is 4.76. The van der Waals surface area contributed by atoms with Gasteiger partial charge in [0.15, 0.2) is 0 Å². The average molecular weight is 256 g/mol. The highest BCUT2D eigenvalue weighted by Gasteiger charge is 2.21. The summed E-state index contributed by atoms with van der Waals surface area (Å²) in [7, 11) is 0. The quantitative estimate of drug-likeness (QED) is 0.891. The van der Waals surface area contributed by atoms with Gasteiger partial charge in [-0.05, 0) is 38.8 Å². The maximum atomic E-state index is 4.64. The predicted octanol–water partition coefficient (Wildman–Crippen LogP) is 2.20. The first kappa shape index (κ1) is 12.4. The fraction of sp³-hybridized carbons (Fsp3) is 0.467. The summed E-state index contributed by atoms with van der Waals surface area (Å²) in [5, 5.41) is 8.20. The van der Waals surface area contributed by atoms with Crippen molar-refractivity contribution in [2.24, 2.45) is 0 Å². The molecule has 4 heteroatoms. The second-order valence-electron chi connectivity index (χ2n) is 5.28. The minimum atomic E-state index is 0.734. The Hall–Kier alpha value is -1.68. The van der Waals surface area contributed by atoms with E-state index in [2.05, 4.69) is 33.9 Å². The van der Waals surface area contributed by atoms with Gasteiger partial charge in [0, 0.05) is 30.0 Å². The van der Waals surface area contributed by atoms with Crippen LogP contribution in [-0.2, 0) is 13.1 Å². The third-order valence-corrected chi connectivity index (χ3v) is 3.71. The molecule has 2 aromatic heterocycles. The maximum Gasteiger partial charge on any atom is 0.0834 e. The first-order valence-corrected chi connectivity index (χ1v) is 6.90. The van der Waals surface area contributed by atoms with Crippen LogP contribution in [0.25, 0.3) is 0 Å². The molecule has 1 N–H and O–H groups in total. The highest BCUT2D eigenvalue weighted by atomic mass is 15.3. The topological polar surface area (TPSA) is 42.7 Å². The molecule has 0 amide bonds. The van der Waals surface area contributed by atoms with Gasteiger partial charge in [0.05, 0.1) is 17.9 Å². The molecule has 100 valence electrons. The van der Waals surface area contributed by atoms with Crippen molar-refractivity contribution in [3.05, 3.63) is 47.0 Å². The summed E-state index contributed by atoms with van der Waals surface area (Å²) in [6, 6.07) is 6.73. The van der Waals surface area contributed by atoms with E-state index in [1.165, 1.54) is 24.1 Å². The van der Waals surface area contributed by atoms with Gasteiger partial charge in [-0.1, -0.05) is 6.07 Å². The lowest BCUT2D eigenvalue weighted by Crippen LogP contribution is -2.16. The Morgan fingerprint density at radius 3 is 2.84 bits per heavy atom. The molecular formula is C15H20N4. The standard InChI is InChI=1S/C15H20N4/c1-11-15(9-17-13-6-7-13)12(2)19(18-11)10-14-5-3-4-8-16-14/h3-5,8,13,17H,6-7,9-10H2,1-2H3. The predicted molar refractivity (Wildman–Crippen MR) is 74.9 cm³/mol. The Morgan fingerprint density at radius 1 is 1.32 bits per heavy atom. The van der Waals surface area contributed by atoms with E-state index >= 15 is 0 Å². The molecule has 1 aliphatic rings. The Morgan fingerprint density at radius 2 is 2.16 bits per heavy atom. The fourth-order valence-corrected chi connectivity index (χ4v) is 2.32. The lowest BCUT2D eigenvalue weighted by Gasteiger charge is -2.06. The van der Waals surface area contributed by atoms with Crippen LogP contribution in [0.15, 0.2) is 24.4 Å². The SMILES string of the molecule is Cc1nn(Cc2ccccn2)c(C)c1CNC1CC1. The fourth-order valence-electron chi connectivity index (χ4n) is 2.32. The van der Waals surface area contributed by atoms with E-state index in [0.717, 1.165) is 30.5 Å². The third kappa shape index (κ3) is 2.84. The molecule has 0 atom stereocenters. The summed E-state index contributed by atoms with van der Waals surface area (Å²) in [5.74, 6) is 0. The molecule has 0 aromatic carbocycles. The van der Waals surface area contributed by atoms with Gasteiger partial charge >= 0.3 is 0 Å². The van der Waals surface area contributed by atoms with Crippen molar-refractivity contribution in [3.8, 4) is 0 Å². The van der Waals surface area contributed by atoms with Crippen molar-refractivity contribution in [2.45, 2.75) is 45.8 Å². The lowest BCUT2D eigenvalue weighted by molar-refractivity contribution is 0.642. The molecule has 0 saturated heterocycles. The van der Waals surface area contributed by atoms with Crippen molar-refractivity contribution in [1.82, 2.24) is 20.1 Å². The van der Waals surface area contributed by atoms with Crippen molar-refractivity contribution in [2.75, 3.05) is 0 Å². The van der Waals surface area contributed by atoms with Crippen molar-refractivity contribution in [1.29, 1.82) is 0 Å². The molecule has 4 nitrogen and oxygen atoms in total. The molecule has 0 bridgehead atoms. The van der Waals surface area contributed by atoms with Crippen LogP contribution >= 0.6 is 0 Å². The molecule has 19 heavy (non-hydrogen) atoms. The third-order valence-electron chi connectivity index (χ3n) is 3.71. The normalized spacial score (nSPS) is 14.8. The van der Waals surface area contributed by atoms with Crippen LogP contribution in [0.2, 0.25) is 0 Å². The molecule has 0 unspecified atom stereocenters. The van der Waals surface area contributed by atoms with Gasteiger partial charge in [-0.2, -0.15) is 5.10 Å². The lowest BCUT2D eigenvalue weighted by atomic mass is 10.2. The molecule has 2 heterocycles. The van der Waals surface area contributed by atoms with E-state index in [-0.39, 0.29) is 0 Å². The smallest absolute Gasteiger partial charge is 0.0834 e. The highest BCUT2D eigenvalue weighted by Crippen LogP contribution is 2.21. The van der Waals surface area contributed by atoms with E-state index in [1.54, 1.807) is 0 Å². The maximum absolute atomic E-state index is 4.64. The minimum absolute atomic E-state index is 0.734. The summed E-state index contributed by atoms with van der Waals surface area (Å²) in [6.45, 7) is 5.92. The van der Waals surface area contributed by atoms with E-state index in [0.29, 0.717) is 0 Å². The van der Waals surface area contributed by atoms with Crippen molar-refractivity contribution in [3.63, 3.8) is 0 Å². The van der Waals surface area contributed by atoms with E-state index in [4.69, 9.17) is 0 Å². The van der Waals surface area contributed by atoms with Gasteiger partial charge in [0.1, 0.15) is 0 Å². The van der Waals surface area contributed by atoms with E-state index < -0.39 is 0 Å². The minimum Gasteiger partial charge on any atom is -0.310 e. The van der Waals surface area contributed by atoms with Crippen LogP contribution < -0.4 is 5.32 Å². The molecule has 1 saturated carbocycles. The van der Waals surface area contributed by atoms with E-state index in [1.807, 2.05) is 24.4 Å². The summed E-state index contributed by atoms with van der Waals surface area (Å²) < 4.78 is 2.06. The van der Waals surface area contributed by atoms with Gasteiger partial charge in [0.2, 0.25) is 0 Å². The highest BCUT2D eigenvalue weighted by molar-refractivity contribution is 5.25. The first-order chi connectivity index (χ1) is 9.24. The number of nitrogens with one attached hydrogen (secondary N) is 1. The largest absolute Gasteiger partial charge is 0.310 e. The Labute approximate surface area is 113 Å². The molecule has 3 rings (SSSR count). The molecule has 2 aromatic rings. The number of rotatable bonds is 5. The van der Waals surface area contributed by atoms with Gasteiger partial charge in [-0.25, -0.2) is 0 Å². The van der Waals surface area contributed by atoms with Crippen molar-refractivity contribution < 1.29 is 0 Å². The van der Waals surface area contributed by atoms with Gasteiger partial charge in [-0.3, -0.25) is 9.67 Å². The van der Waals surface area contributed by atoms with E-state index in [9.17, 15) is 0 Å². The second-order valence-corrected chi connectivity index (χ2v) is 5.28. The zero-order valence-corrected chi connectivity index (χ0v) is 11.6. The summed E-state index contributed by atoms with van der Waals surface area (Å²) in [4.78, 5) is 4.36. The van der Waals surface area contributed by atoms with Crippen LogP contribution in [0.3, 0.4) is 0 Å². The van der Waals surface area contributed by atoms with Crippen LogP contribution in [-0.4, -0.2) is 20.8 Å². The average Bonchev–Trinajstić information content (AvgIpc) is 3.19. The van der Waals surface area contributed by atoms with Crippen LogP contribution in [0.1, 0.15) is 35.5 Å². The summed E-state index contributed by atoms with van der Waals surface area (Å²) >= 11 is 0. The van der Waals surface area contributed by atoms with Crippen molar-refractivity contribution >= 4 is 0 Å². The van der Waals surface area contributed by atoms with Crippen LogP contribution in [0.4, 0.5) is 0 Å². The molecular weight excluding hydrogens is 236 g/mol. The Balaban J connectivity index is 1.76. The molecule has 0 spiro atoms. The number of aryl methyl sites for hydroxylation is 1. The number of hydrogen-bond donors (Lipinski definition) is 1. The van der Waals surface area contributed by atoms with Gasteiger partial charge in [-0.15, -0.1) is 0 Å². The Kier molecular flexibility index (Phi) is 3.34. The van der Waals surface area contributed by atoms with Gasteiger partial charge < -0.3 is 5.32 Å². The van der Waals surface area contributed by atoms with Gasteiger partial charge in [0.25, 0.3) is 0 Å². The number of aromatic nitrogens is 3. The monoisotopic (exact) mass is 256 g/mol. The zero-order chi connectivity index (χ0) is 13.2. The molecule has 0 aliphatic heterocycles. The molecule has 1 aliphatic carbocycles. The molecule has 0 radical (unpaired) electrons. The van der Waals surface area contributed by atoms with Crippen LogP contribution in [0.5, 0.6) is 0 Å². The first-order valence-electron chi connectivity index (χ1n) is 6.90. The molecule has 1 fully saturated rings. The number of hydrogen-bond acceptors (Lipinski definition) is 3. The Bertz CT molecular complexity index is 555. The summed E-state index contributed by atoms with van der Waals surface area (Å²) in [6.07, 6.45) is 4.47. The zero-order valence-electron chi connectivity index (χ0n) is 11.6. The number of pyridine rings is 1. The number of nitrogens with zero attached hydrogens (tertiary/aromatic N) is 3. The van der Waals surface area contributed by atoms with Crippen LogP contribution in [0, 0.1) is 13.8 Å². The second kappa shape index (κ2) is 5.13.